The predicted octanol–water partition coefficient (Wildman–Crippen LogP) is 2.73. The second kappa shape index (κ2) is 6.62. The molecule has 1 heterocycles. The van der Waals surface area contributed by atoms with Gasteiger partial charge in [0.15, 0.2) is 0 Å². The Labute approximate surface area is 140 Å². The summed E-state index contributed by atoms with van der Waals surface area (Å²) in [6.07, 6.45) is -1.15. The summed E-state index contributed by atoms with van der Waals surface area (Å²) in [5.74, 6) is 0. The lowest BCUT2D eigenvalue weighted by Crippen LogP contribution is -2.26. The van der Waals surface area contributed by atoms with Crippen LogP contribution < -0.4 is 4.90 Å². The van der Waals surface area contributed by atoms with Crippen molar-refractivity contribution in [3.63, 3.8) is 0 Å². The van der Waals surface area contributed by atoms with E-state index in [1.165, 1.54) is 17.0 Å². The Morgan fingerprint density at radius 2 is 1.79 bits per heavy atom. The Bertz CT molecular complexity index is 818. The fourth-order valence-corrected chi connectivity index (χ4v) is 3.30. The largest absolute Gasteiger partial charge is 0.441 e. The molecule has 1 fully saturated rings. The Kier molecular flexibility index (Phi) is 4.55. The molecule has 0 aromatic heterocycles. The third-order valence-corrected chi connectivity index (χ3v) is 4.96. The summed E-state index contributed by atoms with van der Waals surface area (Å²) in [4.78, 5) is 13.4. The van der Waals surface area contributed by atoms with Crippen LogP contribution in [0.1, 0.15) is 5.56 Å². The third-order valence-electron chi connectivity index (χ3n) is 3.66. The number of carbonyl (C=O) groups excluding carboxylic acids is 1. The summed E-state index contributed by atoms with van der Waals surface area (Å²) < 4.78 is 34.5. The Morgan fingerprint density at radius 1 is 1.12 bits per heavy atom. The van der Waals surface area contributed by atoms with Gasteiger partial charge in [-0.3, -0.25) is 9.08 Å². The van der Waals surface area contributed by atoms with E-state index in [1.807, 2.05) is 25.1 Å². The van der Waals surface area contributed by atoms with Crippen molar-refractivity contribution in [3.05, 3.63) is 60.2 Å². The van der Waals surface area contributed by atoms with Crippen molar-refractivity contribution in [1.82, 2.24) is 0 Å². The Hall–Kier alpha value is -2.38. The molecule has 2 aromatic rings. The summed E-state index contributed by atoms with van der Waals surface area (Å²) >= 11 is 0. The number of rotatable bonds is 5. The molecule has 1 atom stereocenters. The highest BCUT2D eigenvalue weighted by atomic mass is 32.2. The average molecular weight is 347 g/mol. The van der Waals surface area contributed by atoms with Gasteiger partial charge in [0, 0.05) is 5.69 Å². The van der Waals surface area contributed by atoms with Crippen LogP contribution in [0.2, 0.25) is 0 Å². The highest BCUT2D eigenvalue weighted by Gasteiger charge is 2.33. The zero-order chi connectivity index (χ0) is 17.2. The highest BCUT2D eigenvalue weighted by Crippen LogP contribution is 2.22. The van der Waals surface area contributed by atoms with Gasteiger partial charge < -0.3 is 4.74 Å². The second-order valence-electron chi connectivity index (χ2n) is 5.50. The number of amides is 1. The lowest BCUT2D eigenvalue weighted by atomic mass is 10.2. The van der Waals surface area contributed by atoms with Crippen molar-refractivity contribution in [2.45, 2.75) is 17.9 Å². The van der Waals surface area contributed by atoms with Gasteiger partial charge in [0.1, 0.15) is 12.7 Å². The molecule has 3 rings (SSSR count). The van der Waals surface area contributed by atoms with Crippen LogP contribution in [0, 0.1) is 6.92 Å². The van der Waals surface area contributed by atoms with Gasteiger partial charge in [-0.2, -0.15) is 8.42 Å². The molecule has 0 bridgehead atoms. The highest BCUT2D eigenvalue weighted by molar-refractivity contribution is 7.86. The molecule has 1 aliphatic rings. The number of anilines is 1. The minimum atomic E-state index is -3.87. The fraction of sp³-hybridized carbons (Fsp3) is 0.235. The molecule has 0 spiro atoms. The number of hydrogen-bond donors (Lipinski definition) is 0. The zero-order valence-corrected chi connectivity index (χ0v) is 13.9. The third kappa shape index (κ3) is 3.58. The van der Waals surface area contributed by atoms with Gasteiger partial charge in [-0.25, -0.2) is 4.79 Å². The number of benzene rings is 2. The smallest absolute Gasteiger partial charge is 0.414 e. The Morgan fingerprint density at radius 3 is 2.46 bits per heavy atom. The maximum absolute atomic E-state index is 12.2. The number of nitrogens with zero attached hydrogens (tertiary/aromatic N) is 1. The van der Waals surface area contributed by atoms with Crippen molar-refractivity contribution in [2.24, 2.45) is 0 Å². The number of para-hydroxylation sites is 1. The Balaban J connectivity index is 1.63. The van der Waals surface area contributed by atoms with E-state index in [0.29, 0.717) is 5.69 Å². The molecule has 1 aliphatic heterocycles. The monoisotopic (exact) mass is 347 g/mol. The second-order valence-corrected chi connectivity index (χ2v) is 7.12. The van der Waals surface area contributed by atoms with E-state index in [4.69, 9.17) is 8.92 Å². The van der Waals surface area contributed by atoms with Crippen LogP contribution in [0.4, 0.5) is 10.5 Å². The summed E-state index contributed by atoms with van der Waals surface area (Å²) in [5, 5.41) is 0. The van der Waals surface area contributed by atoms with Gasteiger partial charge in [0.25, 0.3) is 10.1 Å². The maximum Gasteiger partial charge on any atom is 0.414 e. The minimum Gasteiger partial charge on any atom is -0.441 e. The maximum atomic E-state index is 12.2. The van der Waals surface area contributed by atoms with Gasteiger partial charge in [0.2, 0.25) is 0 Å². The summed E-state index contributed by atoms with van der Waals surface area (Å²) in [6.45, 7) is 1.89. The van der Waals surface area contributed by atoms with Crippen LogP contribution in [0.5, 0.6) is 0 Å². The van der Waals surface area contributed by atoms with Crippen LogP contribution in [0.25, 0.3) is 0 Å². The quantitative estimate of drug-likeness (QED) is 0.778. The van der Waals surface area contributed by atoms with Gasteiger partial charge in [0.05, 0.1) is 11.4 Å². The van der Waals surface area contributed by atoms with Gasteiger partial charge in [-0.1, -0.05) is 35.9 Å². The van der Waals surface area contributed by atoms with Crippen LogP contribution >= 0.6 is 0 Å². The summed E-state index contributed by atoms with van der Waals surface area (Å²) in [7, 11) is -3.87. The fourth-order valence-electron chi connectivity index (χ4n) is 2.37. The molecule has 1 amide bonds. The molecular weight excluding hydrogens is 330 g/mol. The van der Waals surface area contributed by atoms with E-state index in [1.54, 1.807) is 24.3 Å². The van der Waals surface area contributed by atoms with E-state index in [9.17, 15) is 13.2 Å². The molecular formula is C17H17NO5S. The topological polar surface area (TPSA) is 72.9 Å². The van der Waals surface area contributed by atoms with Crippen molar-refractivity contribution >= 4 is 21.9 Å². The number of carbonyl (C=O) groups is 1. The lowest BCUT2D eigenvalue weighted by Gasteiger charge is -2.12. The minimum absolute atomic E-state index is 0.0809. The first kappa shape index (κ1) is 16.5. The van der Waals surface area contributed by atoms with Crippen molar-refractivity contribution < 1.29 is 22.1 Å². The molecule has 0 radical (unpaired) electrons. The average Bonchev–Trinajstić information content (AvgIpc) is 2.95. The predicted molar refractivity (Wildman–Crippen MR) is 88.4 cm³/mol. The van der Waals surface area contributed by atoms with E-state index in [0.717, 1.165) is 5.56 Å². The number of cyclic esters (lactones) is 1. The molecule has 0 aliphatic carbocycles. The molecule has 0 unspecified atom stereocenters. The molecule has 0 N–H and O–H groups in total. The molecule has 2 aromatic carbocycles. The number of ether oxygens (including phenoxy) is 1. The van der Waals surface area contributed by atoms with E-state index in [-0.39, 0.29) is 18.0 Å². The molecule has 24 heavy (non-hydrogen) atoms. The van der Waals surface area contributed by atoms with E-state index < -0.39 is 22.3 Å². The van der Waals surface area contributed by atoms with Crippen molar-refractivity contribution in [3.8, 4) is 0 Å². The molecule has 6 nitrogen and oxygen atoms in total. The molecule has 0 saturated carbocycles. The van der Waals surface area contributed by atoms with Crippen molar-refractivity contribution in [1.29, 1.82) is 0 Å². The summed E-state index contributed by atoms with van der Waals surface area (Å²) in [6, 6.07) is 15.4. The molecule has 1 saturated heterocycles. The standard InChI is InChI=1S/C17H17NO5S/c1-13-7-9-16(10-8-13)24(20,21)22-12-15-11-18(17(19)23-15)14-5-3-2-4-6-14/h2-10,15H,11-12H2,1H3/t15-/m1/s1. The van der Waals surface area contributed by atoms with Gasteiger partial charge in [-0.15, -0.1) is 0 Å². The normalized spacial score (nSPS) is 17.8. The lowest BCUT2D eigenvalue weighted by molar-refractivity contribution is 0.107. The molecule has 126 valence electrons. The number of aryl methyl sites for hydroxylation is 1. The van der Waals surface area contributed by atoms with Gasteiger partial charge >= 0.3 is 6.09 Å². The van der Waals surface area contributed by atoms with E-state index in [2.05, 4.69) is 0 Å². The SMILES string of the molecule is Cc1ccc(S(=O)(=O)OC[C@H]2CN(c3ccccc3)C(=O)O2)cc1. The van der Waals surface area contributed by atoms with E-state index >= 15 is 0 Å². The first-order valence-corrected chi connectivity index (χ1v) is 8.86. The summed E-state index contributed by atoms with van der Waals surface area (Å²) in [5.41, 5.74) is 1.66. The van der Waals surface area contributed by atoms with Crippen LogP contribution in [-0.4, -0.2) is 33.8 Å². The van der Waals surface area contributed by atoms with Crippen LogP contribution in [-0.2, 0) is 19.0 Å². The first-order chi connectivity index (χ1) is 11.5. The number of hydrogen-bond acceptors (Lipinski definition) is 5. The van der Waals surface area contributed by atoms with Gasteiger partial charge in [-0.05, 0) is 31.2 Å². The molecule has 7 heteroatoms. The van der Waals surface area contributed by atoms with Crippen LogP contribution in [0.3, 0.4) is 0 Å². The van der Waals surface area contributed by atoms with Crippen LogP contribution in [0.15, 0.2) is 59.5 Å². The zero-order valence-electron chi connectivity index (χ0n) is 13.1. The first-order valence-electron chi connectivity index (χ1n) is 7.45. The van der Waals surface area contributed by atoms with Crippen molar-refractivity contribution in [2.75, 3.05) is 18.1 Å².